The molecule has 0 radical (unpaired) electrons. The molecule has 2 aromatic carbocycles. The Hall–Kier alpha value is -3.61. The highest BCUT2D eigenvalue weighted by Gasteiger charge is 2.42. The van der Waals surface area contributed by atoms with Crippen LogP contribution in [0.3, 0.4) is 0 Å². The standard InChI is InChI=1S/C25H27N3O4/c1-17(29)26-20-12-10-18(11-13-20)22-23(27-14-6-3-7-15-27)25(31)28(24(22)30)16-19-8-4-5-9-21(19)32-2/h4-5,8-13H,3,6-7,14-16H2,1-2H3,(H,26,29). The minimum Gasteiger partial charge on any atom is -0.496 e. The first kappa shape index (κ1) is 21.6. The number of amides is 3. The van der Waals surface area contributed by atoms with Crippen LogP contribution in [0.4, 0.5) is 5.69 Å². The molecule has 32 heavy (non-hydrogen) atoms. The summed E-state index contributed by atoms with van der Waals surface area (Å²) in [5.41, 5.74) is 2.97. The van der Waals surface area contributed by atoms with Crippen molar-refractivity contribution in [3.05, 3.63) is 65.4 Å². The lowest BCUT2D eigenvalue weighted by atomic mass is 10.0. The smallest absolute Gasteiger partial charge is 0.278 e. The monoisotopic (exact) mass is 433 g/mol. The largest absolute Gasteiger partial charge is 0.496 e. The predicted molar refractivity (Wildman–Crippen MR) is 122 cm³/mol. The zero-order valence-corrected chi connectivity index (χ0v) is 18.4. The van der Waals surface area contributed by atoms with E-state index in [0.717, 1.165) is 37.9 Å². The molecule has 0 unspecified atom stereocenters. The third-order valence-electron chi connectivity index (χ3n) is 5.83. The lowest BCUT2D eigenvalue weighted by molar-refractivity contribution is -0.138. The Morgan fingerprint density at radius 1 is 0.969 bits per heavy atom. The van der Waals surface area contributed by atoms with Crippen molar-refractivity contribution >= 4 is 29.0 Å². The van der Waals surface area contributed by atoms with Gasteiger partial charge in [0.15, 0.2) is 0 Å². The van der Waals surface area contributed by atoms with Gasteiger partial charge in [-0.2, -0.15) is 0 Å². The van der Waals surface area contributed by atoms with Gasteiger partial charge in [-0.25, -0.2) is 0 Å². The van der Waals surface area contributed by atoms with Gasteiger partial charge in [0.05, 0.1) is 19.2 Å². The average molecular weight is 434 g/mol. The summed E-state index contributed by atoms with van der Waals surface area (Å²) in [6.45, 7) is 3.10. The molecular formula is C25H27N3O4. The van der Waals surface area contributed by atoms with Gasteiger partial charge in [0, 0.05) is 31.3 Å². The van der Waals surface area contributed by atoms with Crippen molar-refractivity contribution in [2.45, 2.75) is 32.7 Å². The van der Waals surface area contributed by atoms with Crippen LogP contribution in [0, 0.1) is 0 Å². The number of piperidine rings is 1. The van der Waals surface area contributed by atoms with Crippen molar-refractivity contribution in [3.63, 3.8) is 0 Å². The van der Waals surface area contributed by atoms with Gasteiger partial charge in [-0.05, 0) is 43.0 Å². The van der Waals surface area contributed by atoms with Crippen LogP contribution in [0.1, 0.15) is 37.3 Å². The van der Waals surface area contributed by atoms with E-state index in [4.69, 9.17) is 4.74 Å². The van der Waals surface area contributed by atoms with Crippen LogP contribution in [0.2, 0.25) is 0 Å². The molecule has 0 aliphatic carbocycles. The molecular weight excluding hydrogens is 406 g/mol. The number of anilines is 1. The normalized spacial score (nSPS) is 16.6. The fraction of sp³-hybridized carbons (Fsp3) is 0.320. The molecule has 0 saturated carbocycles. The van der Waals surface area contributed by atoms with Gasteiger partial charge in [-0.1, -0.05) is 30.3 Å². The van der Waals surface area contributed by atoms with Gasteiger partial charge in [-0.15, -0.1) is 0 Å². The lowest BCUT2D eigenvalue weighted by Gasteiger charge is -2.29. The first-order valence-corrected chi connectivity index (χ1v) is 10.8. The first-order chi connectivity index (χ1) is 15.5. The van der Waals surface area contributed by atoms with Crippen LogP contribution in [-0.4, -0.2) is 47.7 Å². The summed E-state index contributed by atoms with van der Waals surface area (Å²) >= 11 is 0. The van der Waals surface area contributed by atoms with Crippen molar-refractivity contribution in [2.24, 2.45) is 0 Å². The van der Waals surface area contributed by atoms with Crippen molar-refractivity contribution < 1.29 is 19.1 Å². The lowest BCUT2D eigenvalue weighted by Crippen LogP contribution is -2.37. The number of benzene rings is 2. The molecule has 7 nitrogen and oxygen atoms in total. The maximum atomic E-state index is 13.5. The van der Waals surface area contributed by atoms with E-state index in [1.54, 1.807) is 31.4 Å². The highest BCUT2D eigenvalue weighted by atomic mass is 16.5. The quantitative estimate of drug-likeness (QED) is 0.707. The number of para-hydroxylation sites is 1. The Balaban J connectivity index is 1.71. The third-order valence-corrected chi connectivity index (χ3v) is 5.83. The number of nitrogens with zero attached hydrogens (tertiary/aromatic N) is 2. The second kappa shape index (κ2) is 9.26. The second-order valence-electron chi connectivity index (χ2n) is 8.04. The van der Waals surface area contributed by atoms with Crippen molar-refractivity contribution in [1.29, 1.82) is 0 Å². The van der Waals surface area contributed by atoms with Gasteiger partial charge >= 0.3 is 0 Å². The van der Waals surface area contributed by atoms with Gasteiger partial charge in [0.1, 0.15) is 11.4 Å². The zero-order chi connectivity index (χ0) is 22.7. The van der Waals surface area contributed by atoms with Gasteiger partial charge in [0.2, 0.25) is 5.91 Å². The van der Waals surface area contributed by atoms with Crippen molar-refractivity contribution in [3.8, 4) is 5.75 Å². The molecule has 2 heterocycles. The summed E-state index contributed by atoms with van der Waals surface area (Å²) < 4.78 is 5.42. The van der Waals surface area contributed by atoms with E-state index in [2.05, 4.69) is 5.32 Å². The number of carbonyl (C=O) groups excluding carboxylic acids is 3. The van der Waals surface area contributed by atoms with Gasteiger partial charge in [-0.3, -0.25) is 19.3 Å². The fourth-order valence-electron chi connectivity index (χ4n) is 4.31. The van der Waals surface area contributed by atoms with Gasteiger partial charge in [0.25, 0.3) is 11.8 Å². The highest BCUT2D eigenvalue weighted by molar-refractivity contribution is 6.35. The molecule has 1 fully saturated rings. The number of hydrogen-bond donors (Lipinski definition) is 1. The number of carbonyl (C=O) groups is 3. The Labute approximate surface area is 187 Å². The molecule has 3 amide bonds. The summed E-state index contributed by atoms with van der Waals surface area (Å²) in [5.74, 6) is -0.112. The molecule has 4 rings (SSSR count). The number of methoxy groups -OCH3 is 1. The first-order valence-electron chi connectivity index (χ1n) is 10.8. The Bertz CT molecular complexity index is 1070. The van der Waals surface area contributed by atoms with Crippen LogP contribution in [0.15, 0.2) is 54.2 Å². The number of likely N-dealkylation sites (tertiary alicyclic amines) is 1. The van der Waals surface area contributed by atoms with Crippen LogP contribution in [0.5, 0.6) is 5.75 Å². The minimum absolute atomic E-state index is 0.145. The molecule has 2 aliphatic rings. The van der Waals surface area contributed by atoms with Crippen LogP contribution in [0.25, 0.3) is 5.57 Å². The molecule has 0 atom stereocenters. The molecule has 1 N–H and O–H groups in total. The molecule has 166 valence electrons. The Morgan fingerprint density at radius 2 is 1.66 bits per heavy atom. The van der Waals surface area contributed by atoms with Crippen LogP contribution in [-0.2, 0) is 20.9 Å². The van der Waals surface area contributed by atoms with Crippen LogP contribution >= 0.6 is 0 Å². The van der Waals surface area contributed by atoms with Crippen molar-refractivity contribution in [1.82, 2.24) is 9.80 Å². The predicted octanol–water partition coefficient (Wildman–Crippen LogP) is 3.42. The fourth-order valence-corrected chi connectivity index (χ4v) is 4.31. The number of hydrogen-bond acceptors (Lipinski definition) is 5. The summed E-state index contributed by atoms with van der Waals surface area (Å²) in [7, 11) is 1.58. The van der Waals surface area contributed by atoms with Gasteiger partial charge < -0.3 is 15.0 Å². The van der Waals surface area contributed by atoms with E-state index in [1.165, 1.54) is 11.8 Å². The summed E-state index contributed by atoms with van der Waals surface area (Å²) in [4.78, 5) is 41.8. The van der Waals surface area contributed by atoms with E-state index in [9.17, 15) is 14.4 Å². The summed E-state index contributed by atoms with van der Waals surface area (Å²) in [6.07, 6.45) is 3.11. The van der Waals surface area contributed by atoms with E-state index in [1.807, 2.05) is 29.2 Å². The van der Waals surface area contributed by atoms with E-state index in [-0.39, 0.29) is 24.3 Å². The van der Waals surface area contributed by atoms with E-state index >= 15 is 0 Å². The molecule has 0 bridgehead atoms. The maximum absolute atomic E-state index is 13.5. The molecule has 2 aliphatic heterocycles. The molecule has 0 spiro atoms. The third kappa shape index (κ3) is 4.23. The number of ether oxygens (including phenoxy) is 1. The number of imide groups is 1. The number of nitrogens with one attached hydrogen (secondary N) is 1. The minimum atomic E-state index is -0.311. The summed E-state index contributed by atoms with van der Waals surface area (Å²) in [6, 6.07) is 14.5. The topological polar surface area (TPSA) is 79.0 Å². The molecule has 7 heteroatoms. The zero-order valence-electron chi connectivity index (χ0n) is 18.4. The molecule has 0 aromatic heterocycles. The Morgan fingerprint density at radius 3 is 2.31 bits per heavy atom. The van der Waals surface area contributed by atoms with Crippen molar-refractivity contribution in [2.75, 3.05) is 25.5 Å². The number of rotatable bonds is 6. The van der Waals surface area contributed by atoms with E-state index in [0.29, 0.717) is 28.3 Å². The van der Waals surface area contributed by atoms with Crippen LogP contribution < -0.4 is 10.1 Å². The molecule has 1 saturated heterocycles. The highest BCUT2D eigenvalue weighted by Crippen LogP contribution is 2.35. The van der Waals surface area contributed by atoms with E-state index < -0.39 is 0 Å². The molecule has 2 aromatic rings. The second-order valence-corrected chi connectivity index (χ2v) is 8.04. The maximum Gasteiger partial charge on any atom is 0.278 e. The summed E-state index contributed by atoms with van der Waals surface area (Å²) in [5, 5.41) is 2.73. The SMILES string of the molecule is COc1ccccc1CN1C(=O)C(c2ccc(NC(C)=O)cc2)=C(N2CCCCC2)C1=O. The average Bonchev–Trinajstić information content (AvgIpc) is 3.05. The Kier molecular flexibility index (Phi) is 6.25.